The Hall–Kier alpha value is -1.62. The van der Waals surface area contributed by atoms with Crippen LogP contribution in [0.3, 0.4) is 0 Å². The van der Waals surface area contributed by atoms with Gasteiger partial charge in [0.1, 0.15) is 17.1 Å². The molecule has 0 bridgehead atoms. The van der Waals surface area contributed by atoms with Crippen molar-refractivity contribution in [3.8, 4) is 5.75 Å². The van der Waals surface area contributed by atoms with E-state index in [9.17, 15) is 14.3 Å². The summed E-state index contributed by atoms with van der Waals surface area (Å²) in [6.45, 7) is 8.41. The monoisotopic (exact) mass is 268 g/mol. The largest absolute Gasteiger partial charge is 0.507 e. The Bertz CT molecular complexity index is 413. The normalized spacial score (nSPS) is 12.5. The number of rotatable bonds is 6. The Morgan fingerprint density at radius 3 is 2.58 bits per heavy atom. The van der Waals surface area contributed by atoms with Crippen LogP contribution in [0.4, 0.5) is 4.39 Å². The maximum absolute atomic E-state index is 13.5. The highest BCUT2D eigenvalue weighted by Gasteiger charge is 2.18. The van der Waals surface area contributed by atoms with Gasteiger partial charge in [-0.1, -0.05) is 19.9 Å². The van der Waals surface area contributed by atoms with Crippen molar-refractivity contribution < 1.29 is 14.3 Å². The second kappa shape index (κ2) is 7.09. The Morgan fingerprint density at radius 2 is 2.05 bits per heavy atom. The lowest BCUT2D eigenvalue weighted by Crippen LogP contribution is -2.42. The number of likely N-dealkylation sites (N-methyl/N-ethyl adjacent to an activating group) is 1. The fraction of sp³-hybridized carbons (Fsp3) is 0.500. The first-order chi connectivity index (χ1) is 8.99. The molecule has 1 aromatic carbocycles. The molecule has 0 aliphatic rings. The van der Waals surface area contributed by atoms with Crippen molar-refractivity contribution in [2.75, 3.05) is 19.6 Å². The Morgan fingerprint density at radius 1 is 1.42 bits per heavy atom. The van der Waals surface area contributed by atoms with E-state index < -0.39 is 11.7 Å². The predicted molar refractivity (Wildman–Crippen MR) is 72.8 cm³/mol. The second-order valence-electron chi connectivity index (χ2n) is 4.49. The Balaban J connectivity index is 2.69. The van der Waals surface area contributed by atoms with Gasteiger partial charge in [-0.3, -0.25) is 4.79 Å². The van der Waals surface area contributed by atoms with Crippen LogP contribution in [0.2, 0.25) is 0 Å². The number of phenols is 1. The molecule has 0 aromatic heterocycles. The maximum atomic E-state index is 13.5. The van der Waals surface area contributed by atoms with E-state index in [1.54, 1.807) is 0 Å². The number of carbonyl (C=O) groups excluding carboxylic acids is 1. The minimum Gasteiger partial charge on any atom is -0.507 e. The number of phenolic OH excluding ortho intramolecular Hbond substituents is 1. The quantitative estimate of drug-likeness (QED) is 0.829. The second-order valence-corrected chi connectivity index (χ2v) is 4.49. The van der Waals surface area contributed by atoms with Crippen molar-refractivity contribution in [1.82, 2.24) is 10.2 Å². The highest BCUT2D eigenvalue weighted by atomic mass is 19.1. The first kappa shape index (κ1) is 15.4. The van der Waals surface area contributed by atoms with Gasteiger partial charge in [0.25, 0.3) is 5.91 Å². The minimum absolute atomic E-state index is 0.119. The number of nitrogens with zero attached hydrogens (tertiary/aromatic N) is 1. The molecule has 4 nitrogen and oxygen atoms in total. The van der Waals surface area contributed by atoms with Crippen LogP contribution in [0.1, 0.15) is 31.1 Å². The van der Waals surface area contributed by atoms with Crippen LogP contribution in [-0.2, 0) is 0 Å². The topological polar surface area (TPSA) is 52.6 Å². The van der Waals surface area contributed by atoms with Crippen LogP contribution < -0.4 is 5.32 Å². The number of amides is 1. The molecule has 1 rings (SSSR count). The lowest BCUT2D eigenvalue weighted by atomic mass is 10.1. The van der Waals surface area contributed by atoms with Gasteiger partial charge in [-0.05, 0) is 32.1 Å². The first-order valence-electron chi connectivity index (χ1n) is 6.50. The van der Waals surface area contributed by atoms with Crippen LogP contribution in [0, 0.1) is 5.82 Å². The maximum Gasteiger partial charge on any atom is 0.258 e. The molecule has 0 aliphatic carbocycles. The van der Waals surface area contributed by atoms with Crippen molar-refractivity contribution >= 4 is 5.91 Å². The third-order valence-electron chi connectivity index (χ3n) is 3.02. The molecule has 1 aromatic rings. The summed E-state index contributed by atoms with van der Waals surface area (Å²) in [7, 11) is 0. The summed E-state index contributed by atoms with van der Waals surface area (Å²) in [6, 6.07) is 3.70. The van der Waals surface area contributed by atoms with Crippen molar-refractivity contribution in [2.24, 2.45) is 0 Å². The SMILES string of the molecule is CCN(CC)CC(C)NC(=O)c1c(O)cccc1F. The molecule has 1 atom stereocenters. The van der Waals surface area contributed by atoms with Gasteiger partial charge in [-0.15, -0.1) is 0 Å². The van der Waals surface area contributed by atoms with Gasteiger partial charge in [0.05, 0.1) is 0 Å². The molecule has 0 spiro atoms. The van der Waals surface area contributed by atoms with Crippen molar-refractivity contribution in [1.29, 1.82) is 0 Å². The Kier molecular flexibility index (Phi) is 5.76. The minimum atomic E-state index is -0.715. The zero-order chi connectivity index (χ0) is 14.4. The molecular weight excluding hydrogens is 247 g/mol. The van der Waals surface area contributed by atoms with Crippen molar-refractivity contribution in [2.45, 2.75) is 26.8 Å². The summed E-state index contributed by atoms with van der Waals surface area (Å²) in [5.74, 6) is -1.64. The van der Waals surface area contributed by atoms with Gasteiger partial charge in [-0.2, -0.15) is 0 Å². The third kappa shape index (κ3) is 4.21. The standard InChI is InChI=1S/C14H21FN2O2/c1-4-17(5-2)9-10(3)16-14(19)13-11(15)7-6-8-12(13)18/h6-8,10,18H,4-5,9H2,1-3H3,(H,16,19). The van der Waals surface area contributed by atoms with Gasteiger partial charge in [0, 0.05) is 12.6 Å². The average molecular weight is 268 g/mol. The summed E-state index contributed by atoms with van der Waals surface area (Å²) in [5.41, 5.74) is -0.297. The highest BCUT2D eigenvalue weighted by Crippen LogP contribution is 2.19. The number of halogens is 1. The molecule has 0 heterocycles. The number of aromatic hydroxyl groups is 1. The Labute approximate surface area is 113 Å². The summed E-state index contributed by atoms with van der Waals surface area (Å²) < 4.78 is 13.5. The molecule has 1 unspecified atom stereocenters. The fourth-order valence-electron chi connectivity index (χ4n) is 1.95. The summed E-state index contributed by atoms with van der Waals surface area (Å²) in [6.07, 6.45) is 0. The molecular formula is C14H21FN2O2. The van der Waals surface area contributed by atoms with E-state index >= 15 is 0 Å². The zero-order valence-electron chi connectivity index (χ0n) is 11.6. The molecule has 0 aliphatic heterocycles. The van der Waals surface area contributed by atoms with Crippen molar-refractivity contribution in [3.63, 3.8) is 0 Å². The van der Waals surface area contributed by atoms with Gasteiger partial charge in [-0.25, -0.2) is 4.39 Å². The fourth-order valence-corrected chi connectivity index (χ4v) is 1.95. The van der Waals surface area contributed by atoms with Crippen LogP contribution >= 0.6 is 0 Å². The lowest BCUT2D eigenvalue weighted by molar-refractivity contribution is 0.0923. The summed E-state index contributed by atoms with van der Waals surface area (Å²) in [4.78, 5) is 14.1. The molecule has 0 saturated heterocycles. The molecule has 106 valence electrons. The molecule has 19 heavy (non-hydrogen) atoms. The van der Waals surface area contributed by atoms with Gasteiger partial charge < -0.3 is 15.3 Å². The summed E-state index contributed by atoms with van der Waals surface area (Å²) >= 11 is 0. The van der Waals surface area contributed by atoms with Crippen LogP contribution in [-0.4, -0.2) is 41.6 Å². The number of benzene rings is 1. The van der Waals surface area contributed by atoms with Crippen molar-refractivity contribution in [3.05, 3.63) is 29.6 Å². The van der Waals surface area contributed by atoms with E-state index in [0.717, 1.165) is 19.2 Å². The molecule has 1 amide bonds. The predicted octanol–water partition coefficient (Wildman–Crippen LogP) is 1.99. The molecule has 0 radical (unpaired) electrons. The van der Waals surface area contributed by atoms with Crippen LogP contribution in [0.25, 0.3) is 0 Å². The first-order valence-corrected chi connectivity index (χ1v) is 6.50. The number of hydrogen-bond acceptors (Lipinski definition) is 3. The highest BCUT2D eigenvalue weighted by molar-refractivity contribution is 5.97. The van der Waals surface area contributed by atoms with Crippen LogP contribution in [0.15, 0.2) is 18.2 Å². The number of hydrogen-bond donors (Lipinski definition) is 2. The van der Waals surface area contributed by atoms with E-state index in [-0.39, 0.29) is 17.4 Å². The van der Waals surface area contributed by atoms with E-state index in [1.165, 1.54) is 12.1 Å². The zero-order valence-corrected chi connectivity index (χ0v) is 11.6. The smallest absolute Gasteiger partial charge is 0.258 e. The van der Waals surface area contributed by atoms with Gasteiger partial charge in [0.2, 0.25) is 0 Å². The third-order valence-corrected chi connectivity index (χ3v) is 3.02. The van der Waals surface area contributed by atoms with E-state index in [2.05, 4.69) is 10.2 Å². The summed E-state index contributed by atoms with van der Waals surface area (Å²) in [5, 5.41) is 12.2. The van der Waals surface area contributed by atoms with E-state index in [4.69, 9.17) is 0 Å². The van der Waals surface area contributed by atoms with E-state index in [0.29, 0.717) is 6.54 Å². The molecule has 0 fully saturated rings. The molecule has 5 heteroatoms. The molecule has 0 saturated carbocycles. The van der Waals surface area contributed by atoms with Crippen LogP contribution in [0.5, 0.6) is 5.75 Å². The average Bonchev–Trinajstić information content (AvgIpc) is 2.35. The lowest BCUT2D eigenvalue weighted by Gasteiger charge is -2.23. The van der Waals surface area contributed by atoms with E-state index in [1.807, 2.05) is 20.8 Å². The number of nitrogens with one attached hydrogen (secondary N) is 1. The molecule has 2 N–H and O–H groups in total. The van der Waals surface area contributed by atoms with Gasteiger partial charge >= 0.3 is 0 Å². The number of carbonyl (C=O) groups is 1. The van der Waals surface area contributed by atoms with Gasteiger partial charge in [0.15, 0.2) is 0 Å².